The van der Waals surface area contributed by atoms with E-state index in [2.05, 4.69) is 10.5 Å². The zero-order valence-electron chi connectivity index (χ0n) is 10.8. The molecule has 1 aromatic heterocycles. The first-order chi connectivity index (χ1) is 9.88. The molecule has 110 valence electrons. The highest BCUT2D eigenvalue weighted by atomic mass is 19.1. The van der Waals surface area contributed by atoms with Crippen molar-refractivity contribution < 1.29 is 23.7 Å². The molecule has 0 saturated heterocycles. The molecule has 0 aliphatic carbocycles. The lowest BCUT2D eigenvalue weighted by Gasteiger charge is -2.07. The number of rotatable bonds is 5. The quantitative estimate of drug-likeness (QED) is 0.641. The molecule has 0 spiro atoms. The Balaban J connectivity index is 2.33. The summed E-state index contributed by atoms with van der Waals surface area (Å²) in [7, 11) is 0. The van der Waals surface area contributed by atoms with E-state index in [0.717, 1.165) is 6.07 Å². The molecule has 1 aromatic carbocycles. The van der Waals surface area contributed by atoms with Gasteiger partial charge in [-0.25, -0.2) is 9.18 Å². The fourth-order valence-corrected chi connectivity index (χ4v) is 1.70. The number of halogens is 1. The number of carboxylic acid groups (broad SMARTS) is 1. The molecule has 9 heteroatoms. The van der Waals surface area contributed by atoms with Crippen LogP contribution in [0.5, 0.6) is 0 Å². The number of nitrogens with zero attached hydrogens (tertiary/aromatic N) is 2. The summed E-state index contributed by atoms with van der Waals surface area (Å²) in [5.41, 5.74) is -0.704. The summed E-state index contributed by atoms with van der Waals surface area (Å²) in [5.74, 6) is -2.28. The first-order valence-corrected chi connectivity index (χ1v) is 5.75. The van der Waals surface area contributed by atoms with Gasteiger partial charge in [0.15, 0.2) is 5.76 Å². The maximum Gasteiger partial charge on any atom is 0.338 e. The highest BCUT2D eigenvalue weighted by Crippen LogP contribution is 2.28. The van der Waals surface area contributed by atoms with Gasteiger partial charge in [-0.1, -0.05) is 5.16 Å². The first-order valence-electron chi connectivity index (χ1n) is 5.75. The van der Waals surface area contributed by atoms with Crippen LogP contribution in [0.1, 0.15) is 21.8 Å². The SMILES string of the molecule is Cc1cc(CNc2cc(C(=O)O)c(F)cc2[N+](=O)[O-])on1. The van der Waals surface area contributed by atoms with Crippen molar-refractivity contribution in [3.05, 3.63) is 51.1 Å². The van der Waals surface area contributed by atoms with Gasteiger partial charge in [0.25, 0.3) is 5.69 Å². The van der Waals surface area contributed by atoms with Gasteiger partial charge in [-0.2, -0.15) is 0 Å². The highest BCUT2D eigenvalue weighted by Gasteiger charge is 2.21. The monoisotopic (exact) mass is 295 g/mol. The maximum atomic E-state index is 13.5. The van der Waals surface area contributed by atoms with E-state index in [0.29, 0.717) is 17.5 Å². The molecular formula is C12H10FN3O5. The van der Waals surface area contributed by atoms with Crippen LogP contribution in [-0.2, 0) is 6.54 Å². The Morgan fingerprint density at radius 2 is 2.24 bits per heavy atom. The lowest BCUT2D eigenvalue weighted by molar-refractivity contribution is -0.384. The van der Waals surface area contributed by atoms with Gasteiger partial charge in [-0.15, -0.1) is 0 Å². The number of benzene rings is 1. The standard InChI is InChI=1S/C12H10FN3O5/c1-6-2-7(21-15-6)5-14-10-3-8(12(17)18)9(13)4-11(10)16(19)20/h2-4,14H,5H2,1H3,(H,17,18). The molecule has 0 atom stereocenters. The Hall–Kier alpha value is -2.97. The third kappa shape index (κ3) is 3.14. The van der Waals surface area contributed by atoms with E-state index < -0.39 is 28.0 Å². The van der Waals surface area contributed by atoms with E-state index >= 15 is 0 Å². The van der Waals surface area contributed by atoms with E-state index in [-0.39, 0.29) is 12.2 Å². The summed E-state index contributed by atoms with van der Waals surface area (Å²) < 4.78 is 18.4. The molecule has 8 nitrogen and oxygen atoms in total. The first kappa shape index (κ1) is 14.4. The van der Waals surface area contributed by atoms with Crippen molar-refractivity contribution in [2.75, 3.05) is 5.32 Å². The summed E-state index contributed by atoms with van der Waals surface area (Å²) in [6.07, 6.45) is 0. The van der Waals surface area contributed by atoms with Gasteiger partial charge >= 0.3 is 5.97 Å². The van der Waals surface area contributed by atoms with Crippen LogP contribution < -0.4 is 5.32 Å². The number of aromatic nitrogens is 1. The van der Waals surface area contributed by atoms with Crippen LogP contribution in [0, 0.1) is 22.9 Å². The molecule has 2 rings (SSSR count). The van der Waals surface area contributed by atoms with Crippen LogP contribution in [0.3, 0.4) is 0 Å². The Kier molecular flexibility index (Phi) is 3.83. The van der Waals surface area contributed by atoms with Crippen molar-refractivity contribution >= 4 is 17.3 Å². The minimum atomic E-state index is -1.51. The number of anilines is 1. The largest absolute Gasteiger partial charge is 0.478 e. The summed E-state index contributed by atoms with van der Waals surface area (Å²) in [5, 5.41) is 26.0. The summed E-state index contributed by atoms with van der Waals surface area (Å²) in [4.78, 5) is 20.9. The van der Waals surface area contributed by atoms with Crippen LogP contribution in [0.2, 0.25) is 0 Å². The number of hydrogen-bond acceptors (Lipinski definition) is 6. The predicted octanol–water partition coefficient (Wildman–Crippen LogP) is 2.34. The number of aromatic carboxylic acids is 1. The molecule has 2 N–H and O–H groups in total. The minimum absolute atomic E-state index is 0.0480. The second kappa shape index (κ2) is 5.57. The van der Waals surface area contributed by atoms with E-state index in [4.69, 9.17) is 9.63 Å². The molecule has 0 aliphatic heterocycles. The lowest BCUT2D eigenvalue weighted by atomic mass is 10.1. The van der Waals surface area contributed by atoms with Crippen molar-refractivity contribution in [2.24, 2.45) is 0 Å². The molecule has 2 aromatic rings. The van der Waals surface area contributed by atoms with Crippen molar-refractivity contribution in [2.45, 2.75) is 13.5 Å². The Morgan fingerprint density at radius 3 is 2.76 bits per heavy atom. The smallest absolute Gasteiger partial charge is 0.338 e. The molecule has 0 amide bonds. The van der Waals surface area contributed by atoms with Crippen molar-refractivity contribution in [3.8, 4) is 0 Å². The zero-order chi connectivity index (χ0) is 15.6. The van der Waals surface area contributed by atoms with Gasteiger partial charge in [-0.05, 0) is 13.0 Å². The summed E-state index contributed by atoms with van der Waals surface area (Å²) in [6.45, 7) is 1.75. The molecular weight excluding hydrogens is 285 g/mol. The molecule has 0 aliphatic rings. The van der Waals surface area contributed by atoms with Gasteiger partial charge in [0.1, 0.15) is 11.5 Å². The summed E-state index contributed by atoms with van der Waals surface area (Å²) in [6, 6.07) is 3.05. The average molecular weight is 295 g/mol. The maximum absolute atomic E-state index is 13.5. The molecule has 0 saturated carbocycles. The van der Waals surface area contributed by atoms with Crippen molar-refractivity contribution in [1.82, 2.24) is 5.16 Å². The second-order valence-electron chi connectivity index (χ2n) is 4.20. The molecule has 1 heterocycles. The predicted molar refractivity (Wildman–Crippen MR) is 68.6 cm³/mol. The number of hydrogen-bond donors (Lipinski definition) is 2. The van der Waals surface area contributed by atoms with E-state index in [1.54, 1.807) is 13.0 Å². The fourth-order valence-electron chi connectivity index (χ4n) is 1.70. The van der Waals surface area contributed by atoms with E-state index in [1.807, 2.05) is 0 Å². The van der Waals surface area contributed by atoms with Crippen molar-refractivity contribution in [3.63, 3.8) is 0 Å². The lowest BCUT2D eigenvalue weighted by Crippen LogP contribution is -2.07. The normalized spacial score (nSPS) is 10.4. The molecule has 21 heavy (non-hydrogen) atoms. The second-order valence-corrected chi connectivity index (χ2v) is 4.20. The van der Waals surface area contributed by atoms with E-state index in [9.17, 15) is 19.3 Å². The van der Waals surface area contributed by atoms with Crippen LogP contribution >= 0.6 is 0 Å². The number of aryl methyl sites for hydroxylation is 1. The zero-order valence-corrected chi connectivity index (χ0v) is 10.8. The van der Waals surface area contributed by atoms with Gasteiger partial charge in [0.05, 0.1) is 28.8 Å². The Morgan fingerprint density at radius 1 is 1.52 bits per heavy atom. The highest BCUT2D eigenvalue weighted by molar-refractivity contribution is 5.90. The number of carboxylic acids is 1. The third-order valence-electron chi connectivity index (χ3n) is 2.64. The van der Waals surface area contributed by atoms with E-state index in [1.165, 1.54) is 0 Å². The average Bonchev–Trinajstić information content (AvgIpc) is 2.82. The Labute approximate surface area is 117 Å². The van der Waals surface area contributed by atoms with Crippen LogP contribution in [-0.4, -0.2) is 21.2 Å². The number of carbonyl (C=O) groups is 1. The van der Waals surface area contributed by atoms with Crippen LogP contribution in [0.15, 0.2) is 22.7 Å². The van der Waals surface area contributed by atoms with Crippen LogP contribution in [0.4, 0.5) is 15.8 Å². The minimum Gasteiger partial charge on any atom is -0.478 e. The van der Waals surface area contributed by atoms with Crippen LogP contribution in [0.25, 0.3) is 0 Å². The molecule has 0 unspecified atom stereocenters. The topological polar surface area (TPSA) is 118 Å². The van der Waals surface area contributed by atoms with Crippen molar-refractivity contribution in [1.29, 1.82) is 0 Å². The molecule has 0 bridgehead atoms. The van der Waals surface area contributed by atoms with Gasteiger partial charge in [-0.3, -0.25) is 10.1 Å². The van der Waals surface area contributed by atoms with Gasteiger partial charge in [0.2, 0.25) is 0 Å². The molecule has 0 radical (unpaired) electrons. The fraction of sp³-hybridized carbons (Fsp3) is 0.167. The number of nitro groups is 1. The van der Waals surface area contributed by atoms with Gasteiger partial charge < -0.3 is 14.9 Å². The third-order valence-corrected chi connectivity index (χ3v) is 2.64. The Bertz CT molecular complexity index is 713. The summed E-state index contributed by atoms with van der Waals surface area (Å²) >= 11 is 0. The molecule has 0 fully saturated rings. The number of nitrogens with one attached hydrogen (secondary N) is 1. The van der Waals surface area contributed by atoms with Gasteiger partial charge in [0, 0.05) is 6.07 Å². The number of nitro benzene ring substituents is 1.